The van der Waals surface area contributed by atoms with Crippen LogP contribution in [0.4, 0.5) is 0 Å². The number of hydrogen-bond donors (Lipinski definition) is 0. The van der Waals surface area contributed by atoms with Crippen molar-refractivity contribution in [2.45, 2.75) is 19.6 Å². The number of carbonyl (C=O) groups is 1. The summed E-state index contributed by atoms with van der Waals surface area (Å²) < 4.78 is 24.7. The number of thiazole rings is 1. The van der Waals surface area contributed by atoms with Crippen LogP contribution in [0.3, 0.4) is 0 Å². The molecule has 240 valence electrons. The Morgan fingerprint density at radius 2 is 1.67 bits per heavy atom. The van der Waals surface area contributed by atoms with E-state index in [9.17, 15) is 14.9 Å². The maximum atomic E-state index is 14.4. The molecule has 4 aromatic carbocycles. The van der Waals surface area contributed by atoms with Crippen molar-refractivity contribution in [1.82, 2.24) is 4.57 Å². The zero-order valence-corrected chi connectivity index (χ0v) is 27.3. The van der Waals surface area contributed by atoms with Gasteiger partial charge >= 0.3 is 5.97 Å². The van der Waals surface area contributed by atoms with E-state index in [2.05, 4.69) is 6.07 Å². The van der Waals surface area contributed by atoms with E-state index in [1.165, 1.54) is 23.0 Å². The second-order valence-electron chi connectivity index (χ2n) is 10.6. The van der Waals surface area contributed by atoms with Gasteiger partial charge in [-0.15, -0.1) is 0 Å². The lowest BCUT2D eigenvalue weighted by Crippen LogP contribution is -2.40. The zero-order chi connectivity index (χ0) is 33.6. The van der Waals surface area contributed by atoms with E-state index in [1.54, 1.807) is 44.4 Å². The third-order valence-electron chi connectivity index (χ3n) is 7.82. The van der Waals surface area contributed by atoms with Crippen molar-refractivity contribution in [3.05, 3.63) is 150 Å². The van der Waals surface area contributed by atoms with Gasteiger partial charge in [0.05, 0.1) is 54.3 Å². The summed E-state index contributed by atoms with van der Waals surface area (Å²) >= 11 is 1.21. The molecule has 0 saturated carbocycles. The molecule has 0 spiro atoms. The average Bonchev–Trinajstić information content (AvgIpc) is 3.44. The number of para-hydroxylation sites is 1. The van der Waals surface area contributed by atoms with Crippen molar-refractivity contribution in [3.8, 4) is 23.3 Å². The highest BCUT2D eigenvalue weighted by Crippen LogP contribution is 2.38. The fraction of sp³-hybridized carbons (Fsp3) is 0.158. The summed E-state index contributed by atoms with van der Waals surface area (Å²) in [4.78, 5) is 33.5. The van der Waals surface area contributed by atoms with E-state index in [4.69, 9.17) is 23.9 Å². The minimum atomic E-state index is -0.883. The first kappa shape index (κ1) is 32.0. The van der Waals surface area contributed by atoms with E-state index in [0.29, 0.717) is 54.5 Å². The van der Waals surface area contributed by atoms with E-state index in [1.807, 2.05) is 72.8 Å². The van der Waals surface area contributed by atoms with Gasteiger partial charge < -0.3 is 18.9 Å². The Balaban J connectivity index is 1.54. The van der Waals surface area contributed by atoms with Crippen LogP contribution in [0, 0.1) is 11.3 Å². The van der Waals surface area contributed by atoms with Crippen molar-refractivity contribution >= 4 is 29.1 Å². The van der Waals surface area contributed by atoms with E-state index in [0.717, 1.165) is 5.56 Å². The van der Waals surface area contributed by atoms with Crippen LogP contribution in [0.2, 0.25) is 0 Å². The maximum Gasteiger partial charge on any atom is 0.338 e. The molecule has 6 rings (SSSR count). The first-order valence-corrected chi connectivity index (χ1v) is 16.0. The topological polar surface area (TPSA) is 112 Å². The van der Waals surface area contributed by atoms with Crippen molar-refractivity contribution in [2.24, 2.45) is 4.99 Å². The summed E-state index contributed by atoms with van der Waals surface area (Å²) in [6, 6.07) is 30.6. The van der Waals surface area contributed by atoms with Crippen LogP contribution >= 0.6 is 11.3 Å². The average molecular weight is 658 g/mol. The van der Waals surface area contributed by atoms with Gasteiger partial charge in [-0.25, -0.2) is 9.79 Å². The summed E-state index contributed by atoms with van der Waals surface area (Å²) in [5.74, 6) is 0.922. The second kappa shape index (κ2) is 14.2. The standard InChI is InChI=1S/C38H31N3O6S/c1-4-46-37(43)33-34(24-12-6-5-7-13-24)40-38-41(35(33)26-18-19-30(44-2)31(20-26)45-3)36(42)32(48-38)21-25-14-10-11-17-29(25)47-23-28-16-9-8-15-27(28)22-39/h5-21,35H,4,23H2,1-3H3/b32-21-/t35-/m0/s1. The lowest BCUT2D eigenvalue weighted by molar-refractivity contribution is -0.138. The fourth-order valence-electron chi connectivity index (χ4n) is 5.56. The fourth-order valence-corrected chi connectivity index (χ4v) is 6.55. The molecule has 1 aliphatic heterocycles. The second-order valence-corrected chi connectivity index (χ2v) is 11.7. The lowest BCUT2D eigenvalue weighted by Gasteiger charge is -2.26. The minimum absolute atomic E-state index is 0.142. The third kappa shape index (κ3) is 6.24. The van der Waals surface area contributed by atoms with Gasteiger partial charge in [-0.2, -0.15) is 5.26 Å². The molecule has 2 heterocycles. The maximum absolute atomic E-state index is 14.4. The van der Waals surface area contributed by atoms with Gasteiger partial charge in [-0.05, 0) is 42.8 Å². The number of esters is 1. The van der Waals surface area contributed by atoms with Crippen molar-refractivity contribution in [3.63, 3.8) is 0 Å². The van der Waals surface area contributed by atoms with Gasteiger partial charge in [0, 0.05) is 16.7 Å². The van der Waals surface area contributed by atoms with Gasteiger partial charge in [0.15, 0.2) is 16.3 Å². The molecule has 1 aromatic heterocycles. The molecule has 0 amide bonds. The molecule has 0 fully saturated rings. The highest BCUT2D eigenvalue weighted by Gasteiger charge is 2.35. The number of carbonyl (C=O) groups excluding carboxylic acids is 1. The smallest absolute Gasteiger partial charge is 0.338 e. The Bertz CT molecular complexity index is 2250. The monoisotopic (exact) mass is 657 g/mol. The van der Waals surface area contributed by atoms with Gasteiger partial charge in [-0.3, -0.25) is 9.36 Å². The molecule has 10 heteroatoms. The summed E-state index contributed by atoms with van der Waals surface area (Å²) in [5.41, 5.74) is 3.60. The molecule has 1 aliphatic rings. The summed E-state index contributed by atoms with van der Waals surface area (Å²) in [6.07, 6.45) is 1.76. The first-order valence-electron chi connectivity index (χ1n) is 15.2. The number of nitrogens with zero attached hydrogens (tertiary/aromatic N) is 3. The summed E-state index contributed by atoms with van der Waals surface area (Å²) in [5, 5.41) is 9.51. The Labute approximate surface area is 280 Å². The Morgan fingerprint density at radius 3 is 2.42 bits per heavy atom. The number of ether oxygens (including phenoxy) is 4. The first-order chi connectivity index (χ1) is 23.5. The SMILES string of the molecule is CCOC(=O)C1=C(c2ccccc2)N=c2s/c(=C\c3ccccc3OCc3ccccc3C#N)c(=O)n2[C@H]1c1ccc(OC)c(OC)c1. The zero-order valence-electron chi connectivity index (χ0n) is 26.5. The van der Waals surface area contributed by atoms with Crippen molar-refractivity contribution < 1.29 is 23.7 Å². The van der Waals surface area contributed by atoms with Crippen molar-refractivity contribution in [2.75, 3.05) is 20.8 Å². The highest BCUT2D eigenvalue weighted by molar-refractivity contribution is 7.07. The molecule has 0 saturated heterocycles. The van der Waals surface area contributed by atoms with Crippen LogP contribution in [-0.4, -0.2) is 31.4 Å². The number of rotatable bonds is 10. The van der Waals surface area contributed by atoms with Crippen LogP contribution in [0.15, 0.2) is 112 Å². The predicted octanol–water partition coefficient (Wildman–Crippen LogP) is 5.40. The Morgan fingerprint density at radius 1 is 0.938 bits per heavy atom. The number of benzene rings is 4. The van der Waals surface area contributed by atoms with E-state index >= 15 is 0 Å². The molecule has 0 radical (unpaired) electrons. The van der Waals surface area contributed by atoms with Gasteiger partial charge in [0.25, 0.3) is 5.56 Å². The summed E-state index contributed by atoms with van der Waals surface area (Å²) in [7, 11) is 3.07. The number of hydrogen-bond acceptors (Lipinski definition) is 9. The molecule has 5 aromatic rings. The Kier molecular flexibility index (Phi) is 9.50. The van der Waals surface area contributed by atoms with Crippen LogP contribution < -0.4 is 29.1 Å². The minimum Gasteiger partial charge on any atom is -0.493 e. The normalized spacial score (nSPS) is 14.0. The lowest BCUT2D eigenvalue weighted by atomic mass is 9.93. The number of methoxy groups -OCH3 is 2. The van der Waals surface area contributed by atoms with Crippen LogP contribution in [0.25, 0.3) is 11.8 Å². The molecule has 48 heavy (non-hydrogen) atoms. The molecule has 1 atom stereocenters. The third-order valence-corrected chi connectivity index (χ3v) is 8.81. The van der Waals surface area contributed by atoms with E-state index < -0.39 is 12.0 Å². The van der Waals surface area contributed by atoms with E-state index in [-0.39, 0.29) is 24.3 Å². The summed E-state index contributed by atoms with van der Waals surface area (Å²) in [6.45, 7) is 2.06. The number of nitriles is 1. The van der Waals surface area contributed by atoms with Gasteiger partial charge in [0.1, 0.15) is 12.4 Å². The molecule has 0 bridgehead atoms. The number of fused-ring (bicyclic) bond motifs is 1. The van der Waals surface area contributed by atoms with Crippen LogP contribution in [0.5, 0.6) is 17.2 Å². The number of aromatic nitrogens is 1. The molecule has 0 N–H and O–H groups in total. The van der Waals surface area contributed by atoms with Crippen LogP contribution in [0.1, 0.15) is 40.8 Å². The van der Waals surface area contributed by atoms with Crippen molar-refractivity contribution in [1.29, 1.82) is 5.26 Å². The molecule has 9 nitrogen and oxygen atoms in total. The van der Waals surface area contributed by atoms with Gasteiger partial charge in [-0.1, -0.05) is 84.1 Å². The molecule has 0 aliphatic carbocycles. The predicted molar refractivity (Wildman–Crippen MR) is 183 cm³/mol. The van der Waals surface area contributed by atoms with Gasteiger partial charge in [0.2, 0.25) is 0 Å². The largest absolute Gasteiger partial charge is 0.493 e. The quantitative estimate of drug-likeness (QED) is 0.185. The molecular weight excluding hydrogens is 627 g/mol. The van der Waals surface area contributed by atoms with Crippen LogP contribution in [-0.2, 0) is 16.1 Å². The molecule has 0 unspecified atom stereocenters. The molecular formula is C38H31N3O6S. The highest BCUT2D eigenvalue weighted by atomic mass is 32.1. The Hall–Kier alpha value is -5.92.